The number of aromatic nitrogens is 1. The molecule has 1 atom stereocenters. The molecule has 0 bridgehead atoms. The van der Waals surface area contributed by atoms with E-state index in [1.165, 1.54) is 0 Å². The van der Waals surface area contributed by atoms with Crippen LogP contribution in [0.15, 0.2) is 24.4 Å². The predicted molar refractivity (Wildman–Crippen MR) is 70.1 cm³/mol. The van der Waals surface area contributed by atoms with Gasteiger partial charge in [0.15, 0.2) is 0 Å². The van der Waals surface area contributed by atoms with Crippen molar-refractivity contribution in [2.45, 2.75) is 25.7 Å². The van der Waals surface area contributed by atoms with Crippen LogP contribution in [0.2, 0.25) is 0 Å². The lowest BCUT2D eigenvalue weighted by atomic mass is 9.95. The third-order valence-electron chi connectivity index (χ3n) is 3.24. The Morgan fingerprint density at radius 1 is 1.50 bits per heavy atom. The predicted octanol–water partition coefficient (Wildman–Crippen LogP) is 3.14. The summed E-state index contributed by atoms with van der Waals surface area (Å²) in [6.45, 7) is 2.04. The minimum absolute atomic E-state index is 0.184. The molecule has 2 rings (SSSR count). The maximum absolute atomic E-state index is 10.6. The molecule has 0 aliphatic heterocycles. The SMILES string of the molecule is COc1cccc2[nH]cc(C(C)CCC(=O)O)c12. The summed E-state index contributed by atoms with van der Waals surface area (Å²) in [6, 6.07) is 5.85. The third kappa shape index (κ3) is 2.32. The number of fused-ring (bicyclic) bond motifs is 1. The van der Waals surface area contributed by atoms with Crippen molar-refractivity contribution in [3.63, 3.8) is 0 Å². The first-order valence-corrected chi connectivity index (χ1v) is 5.99. The maximum Gasteiger partial charge on any atom is 0.303 e. The molecule has 1 aromatic heterocycles. The van der Waals surface area contributed by atoms with E-state index in [1.54, 1.807) is 7.11 Å². The highest BCUT2D eigenvalue weighted by atomic mass is 16.5. The second-order valence-electron chi connectivity index (χ2n) is 4.46. The van der Waals surface area contributed by atoms with Gasteiger partial charge in [0.05, 0.1) is 7.11 Å². The van der Waals surface area contributed by atoms with Crippen LogP contribution in [0.1, 0.15) is 31.2 Å². The molecule has 0 saturated heterocycles. The molecular formula is C14H17NO3. The molecule has 0 spiro atoms. The number of H-pyrrole nitrogens is 1. The molecule has 96 valence electrons. The van der Waals surface area contributed by atoms with Gasteiger partial charge >= 0.3 is 5.97 Å². The van der Waals surface area contributed by atoms with Gasteiger partial charge in [-0.25, -0.2) is 0 Å². The summed E-state index contributed by atoms with van der Waals surface area (Å²) in [5.74, 6) is 0.255. The van der Waals surface area contributed by atoms with Gasteiger partial charge in [0.2, 0.25) is 0 Å². The van der Waals surface area contributed by atoms with E-state index >= 15 is 0 Å². The number of hydrogen-bond donors (Lipinski definition) is 2. The van der Waals surface area contributed by atoms with Crippen molar-refractivity contribution < 1.29 is 14.6 Å². The summed E-state index contributed by atoms with van der Waals surface area (Å²) in [6.07, 6.45) is 2.75. The number of ether oxygens (including phenoxy) is 1. The molecule has 1 heterocycles. The van der Waals surface area contributed by atoms with Gasteiger partial charge in [0.25, 0.3) is 0 Å². The summed E-state index contributed by atoms with van der Waals surface area (Å²) in [5, 5.41) is 9.80. The van der Waals surface area contributed by atoms with Crippen molar-refractivity contribution in [1.82, 2.24) is 4.98 Å². The Morgan fingerprint density at radius 2 is 2.28 bits per heavy atom. The molecule has 0 aliphatic rings. The highest BCUT2D eigenvalue weighted by molar-refractivity contribution is 5.89. The molecule has 4 heteroatoms. The van der Waals surface area contributed by atoms with Crippen LogP contribution in [-0.4, -0.2) is 23.2 Å². The molecule has 2 aromatic rings. The number of methoxy groups -OCH3 is 1. The zero-order valence-electron chi connectivity index (χ0n) is 10.6. The van der Waals surface area contributed by atoms with E-state index in [0.29, 0.717) is 6.42 Å². The molecule has 0 radical (unpaired) electrons. The Balaban J connectivity index is 2.35. The van der Waals surface area contributed by atoms with Crippen molar-refractivity contribution in [2.75, 3.05) is 7.11 Å². The van der Waals surface area contributed by atoms with Crippen molar-refractivity contribution in [3.05, 3.63) is 30.0 Å². The Morgan fingerprint density at radius 3 is 2.94 bits per heavy atom. The normalized spacial score (nSPS) is 12.6. The van der Waals surface area contributed by atoms with E-state index in [9.17, 15) is 4.79 Å². The van der Waals surface area contributed by atoms with Crippen LogP contribution in [0.4, 0.5) is 0 Å². The third-order valence-corrected chi connectivity index (χ3v) is 3.24. The molecule has 0 aliphatic carbocycles. The minimum atomic E-state index is -0.756. The number of hydrogen-bond acceptors (Lipinski definition) is 2. The fraction of sp³-hybridized carbons (Fsp3) is 0.357. The van der Waals surface area contributed by atoms with Gasteiger partial charge in [0.1, 0.15) is 5.75 Å². The van der Waals surface area contributed by atoms with Gasteiger partial charge in [-0.15, -0.1) is 0 Å². The van der Waals surface area contributed by atoms with Crippen LogP contribution in [0.5, 0.6) is 5.75 Å². The van der Waals surface area contributed by atoms with Crippen LogP contribution < -0.4 is 4.74 Å². The van der Waals surface area contributed by atoms with E-state index < -0.39 is 5.97 Å². The number of aliphatic carboxylic acids is 1. The Kier molecular flexibility index (Phi) is 3.55. The first-order chi connectivity index (χ1) is 8.63. The average molecular weight is 247 g/mol. The smallest absolute Gasteiger partial charge is 0.303 e. The first kappa shape index (κ1) is 12.5. The van der Waals surface area contributed by atoms with E-state index in [2.05, 4.69) is 4.98 Å². The molecule has 1 aromatic carbocycles. The van der Waals surface area contributed by atoms with Gasteiger partial charge in [-0.3, -0.25) is 4.79 Å². The molecule has 0 saturated carbocycles. The summed E-state index contributed by atoms with van der Waals surface area (Å²) in [4.78, 5) is 13.8. The van der Waals surface area contributed by atoms with Crippen LogP contribution in [0, 0.1) is 0 Å². The number of carboxylic acid groups (broad SMARTS) is 1. The fourth-order valence-corrected chi connectivity index (χ4v) is 2.23. The van der Waals surface area contributed by atoms with Crippen LogP contribution in [-0.2, 0) is 4.79 Å². The lowest BCUT2D eigenvalue weighted by Gasteiger charge is -2.10. The summed E-state index contributed by atoms with van der Waals surface area (Å²) in [5.41, 5.74) is 2.13. The lowest BCUT2D eigenvalue weighted by Crippen LogP contribution is -2.00. The summed E-state index contributed by atoms with van der Waals surface area (Å²) >= 11 is 0. The highest BCUT2D eigenvalue weighted by Gasteiger charge is 2.15. The fourth-order valence-electron chi connectivity index (χ4n) is 2.23. The summed E-state index contributed by atoms with van der Waals surface area (Å²) in [7, 11) is 1.65. The van der Waals surface area contributed by atoms with Gasteiger partial charge in [-0.1, -0.05) is 13.0 Å². The zero-order chi connectivity index (χ0) is 13.1. The van der Waals surface area contributed by atoms with Gasteiger partial charge in [0, 0.05) is 23.5 Å². The molecule has 0 fully saturated rings. The van der Waals surface area contributed by atoms with E-state index in [-0.39, 0.29) is 12.3 Å². The maximum atomic E-state index is 10.6. The Bertz CT molecular complexity index is 559. The first-order valence-electron chi connectivity index (χ1n) is 5.99. The zero-order valence-corrected chi connectivity index (χ0v) is 10.6. The van der Waals surface area contributed by atoms with Crippen LogP contribution >= 0.6 is 0 Å². The molecule has 2 N–H and O–H groups in total. The van der Waals surface area contributed by atoms with Crippen LogP contribution in [0.3, 0.4) is 0 Å². The molecule has 0 amide bonds. The van der Waals surface area contributed by atoms with Gasteiger partial charge in [-0.05, 0) is 30.0 Å². The van der Waals surface area contributed by atoms with Crippen molar-refractivity contribution in [3.8, 4) is 5.75 Å². The monoisotopic (exact) mass is 247 g/mol. The van der Waals surface area contributed by atoms with Gasteiger partial charge < -0.3 is 14.8 Å². The number of benzene rings is 1. The number of nitrogens with one attached hydrogen (secondary N) is 1. The average Bonchev–Trinajstić information content (AvgIpc) is 2.79. The molecule has 1 unspecified atom stereocenters. The Labute approximate surface area is 106 Å². The van der Waals surface area contributed by atoms with E-state index in [1.807, 2.05) is 31.3 Å². The molecular weight excluding hydrogens is 230 g/mol. The summed E-state index contributed by atoms with van der Waals surface area (Å²) < 4.78 is 5.37. The second kappa shape index (κ2) is 5.12. The van der Waals surface area contributed by atoms with Crippen molar-refractivity contribution in [2.24, 2.45) is 0 Å². The largest absolute Gasteiger partial charge is 0.496 e. The van der Waals surface area contributed by atoms with E-state index in [0.717, 1.165) is 22.2 Å². The topological polar surface area (TPSA) is 62.3 Å². The van der Waals surface area contributed by atoms with Gasteiger partial charge in [-0.2, -0.15) is 0 Å². The standard InChI is InChI=1S/C14H17NO3/c1-9(6-7-13(16)17)10-8-15-11-4-3-5-12(18-2)14(10)11/h3-5,8-9,15H,6-7H2,1-2H3,(H,16,17). The number of carbonyl (C=O) groups is 1. The highest BCUT2D eigenvalue weighted by Crippen LogP contribution is 2.34. The quantitative estimate of drug-likeness (QED) is 0.853. The van der Waals surface area contributed by atoms with E-state index in [4.69, 9.17) is 9.84 Å². The van der Waals surface area contributed by atoms with Crippen molar-refractivity contribution >= 4 is 16.9 Å². The molecule has 4 nitrogen and oxygen atoms in total. The number of aromatic amines is 1. The number of carboxylic acids is 1. The van der Waals surface area contributed by atoms with Crippen LogP contribution in [0.25, 0.3) is 10.9 Å². The lowest BCUT2D eigenvalue weighted by molar-refractivity contribution is -0.137. The Hall–Kier alpha value is -1.97. The van der Waals surface area contributed by atoms with Crippen molar-refractivity contribution in [1.29, 1.82) is 0 Å². The minimum Gasteiger partial charge on any atom is -0.496 e. The second-order valence-corrected chi connectivity index (χ2v) is 4.46. The number of rotatable bonds is 5. The molecule has 18 heavy (non-hydrogen) atoms.